The van der Waals surface area contributed by atoms with E-state index < -0.39 is 0 Å². The molecule has 0 amide bonds. The van der Waals surface area contributed by atoms with Gasteiger partial charge in [0.05, 0.1) is 20.1 Å². The lowest BCUT2D eigenvalue weighted by Gasteiger charge is -2.35. The molecule has 0 aromatic heterocycles. The van der Waals surface area contributed by atoms with Crippen LogP contribution in [-0.2, 0) is 6.54 Å². The maximum Gasteiger partial charge on any atom is 0.104 e. The summed E-state index contributed by atoms with van der Waals surface area (Å²) in [7, 11) is 6.86. The van der Waals surface area contributed by atoms with Gasteiger partial charge in [0.15, 0.2) is 0 Å². The highest BCUT2D eigenvalue weighted by atomic mass is 15.3. The Balaban J connectivity index is 2.06. The Morgan fingerprint density at radius 2 is 1.00 bits per heavy atom. The number of hydrogen-bond acceptors (Lipinski definition) is 1. The standard InChI is InChI=1S/C31H59N2/c1-5-6-7-8-9-10-11-12-13-14-15-16-17-18-19-23-28-33(4,29-24-27-32(2)3)30-31-25-21-20-22-26-31/h20-22,25-26H,5-19,23-24,27-30H2,1-4H3/q+1. The van der Waals surface area contributed by atoms with Crippen molar-refractivity contribution in [3.8, 4) is 0 Å². The molecule has 0 fully saturated rings. The van der Waals surface area contributed by atoms with E-state index in [0.29, 0.717) is 0 Å². The van der Waals surface area contributed by atoms with Gasteiger partial charge in [-0.15, -0.1) is 0 Å². The quantitative estimate of drug-likeness (QED) is 0.117. The van der Waals surface area contributed by atoms with Crippen molar-refractivity contribution in [2.24, 2.45) is 0 Å². The highest BCUT2D eigenvalue weighted by molar-refractivity contribution is 5.13. The monoisotopic (exact) mass is 459 g/mol. The molecule has 33 heavy (non-hydrogen) atoms. The molecule has 2 heteroatoms. The zero-order valence-corrected chi connectivity index (χ0v) is 23.1. The Morgan fingerprint density at radius 1 is 0.576 bits per heavy atom. The molecule has 0 N–H and O–H groups in total. The maximum atomic E-state index is 2.48. The molecule has 0 aliphatic rings. The van der Waals surface area contributed by atoms with Gasteiger partial charge in [0.2, 0.25) is 0 Å². The van der Waals surface area contributed by atoms with Crippen LogP contribution in [0.2, 0.25) is 0 Å². The Hall–Kier alpha value is -0.860. The summed E-state index contributed by atoms with van der Waals surface area (Å²) in [5, 5.41) is 0. The first-order chi connectivity index (χ1) is 16.1. The number of unbranched alkanes of at least 4 members (excludes halogenated alkanes) is 15. The highest BCUT2D eigenvalue weighted by Gasteiger charge is 2.21. The third-order valence-corrected chi connectivity index (χ3v) is 7.26. The Kier molecular flexibility index (Phi) is 18.7. The fourth-order valence-electron chi connectivity index (χ4n) is 5.10. The predicted octanol–water partition coefficient (Wildman–Crippen LogP) is 8.85. The minimum Gasteiger partial charge on any atom is -0.322 e. The first kappa shape index (κ1) is 30.2. The molecule has 0 aliphatic heterocycles. The van der Waals surface area contributed by atoms with E-state index in [1.54, 1.807) is 0 Å². The van der Waals surface area contributed by atoms with Crippen LogP contribution in [0.25, 0.3) is 0 Å². The summed E-state index contributed by atoms with van der Waals surface area (Å²) in [5.41, 5.74) is 1.49. The number of quaternary nitrogens is 1. The zero-order chi connectivity index (χ0) is 24.0. The SMILES string of the molecule is CCCCCCCCCCCCCCCCCC[N+](C)(CCCN(C)C)Cc1ccccc1. The van der Waals surface area contributed by atoms with Gasteiger partial charge in [-0.2, -0.15) is 0 Å². The van der Waals surface area contributed by atoms with Gasteiger partial charge in [0.1, 0.15) is 6.54 Å². The van der Waals surface area contributed by atoms with Crippen molar-refractivity contribution in [2.75, 3.05) is 40.8 Å². The zero-order valence-electron chi connectivity index (χ0n) is 23.1. The fourth-order valence-corrected chi connectivity index (χ4v) is 5.10. The van der Waals surface area contributed by atoms with E-state index in [0.717, 1.165) is 0 Å². The van der Waals surface area contributed by atoms with E-state index in [4.69, 9.17) is 0 Å². The number of rotatable bonds is 23. The first-order valence-corrected chi connectivity index (χ1v) is 14.6. The first-order valence-electron chi connectivity index (χ1n) is 14.6. The third kappa shape index (κ3) is 18.2. The molecule has 192 valence electrons. The normalized spacial score (nSPS) is 13.5. The summed E-state index contributed by atoms with van der Waals surface area (Å²) in [6, 6.07) is 11.1. The van der Waals surface area contributed by atoms with Gasteiger partial charge in [0, 0.05) is 18.5 Å². The molecule has 0 saturated heterocycles. The van der Waals surface area contributed by atoms with Crippen LogP contribution in [0.5, 0.6) is 0 Å². The van der Waals surface area contributed by atoms with Crippen LogP contribution < -0.4 is 0 Å². The van der Waals surface area contributed by atoms with Crippen molar-refractivity contribution in [3.05, 3.63) is 35.9 Å². The molecule has 0 bridgehead atoms. The molecule has 0 spiro atoms. The minimum absolute atomic E-state index is 1.17. The van der Waals surface area contributed by atoms with Gasteiger partial charge in [-0.3, -0.25) is 0 Å². The lowest BCUT2D eigenvalue weighted by atomic mass is 10.0. The lowest BCUT2D eigenvalue weighted by molar-refractivity contribution is -0.923. The van der Waals surface area contributed by atoms with Gasteiger partial charge >= 0.3 is 0 Å². The summed E-state index contributed by atoms with van der Waals surface area (Å²) < 4.78 is 1.19. The average Bonchev–Trinajstić information content (AvgIpc) is 2.79. The van der Waals surface area contributed by atoms with Gasteiger partial charge in [0.25, 0.3) is 0 Å². The van der Waals surface area contributed by atoms with Crippen molar-refractivity contribution in [1.82, 2.24) is 4.90 Å². The second kappa shape index (κ2) is 20.5. The molecule has 1 atom stereocenters. The molecule has 0 heterocycles. The molecule has 1 aromatic carbocycles. The second-order valence-corrected chi connectivity index (χ2v) is 11.2. The van der Waals surface area contributed by atoms with Gasteiger partial charge in [-0.05, 0) is 26.9 Å². The van der Waals surface area contributed by atoms with E-state index >= 15 is 0 Å². The Labute approximate surface area is 208 Å². The van der Waals surface area contributed by atoms with E-state index in [2.05, 4.69) is 63.3 Å². The molecule has 0 saturated carbocycles. The summed E-state index contributed by atoms with van der Waals surface area (Å²) in [5.74, 6) is 0. The number of nitrogens with zero attached hydrogens (tertiary/aromatic N) is 2. The topological polar surface area (TPSA) is 3.24 Å². The van der Waals surface area contributed by atoms with Crippen molar-refractivity contribution >= 4 is 0 Å². The van der Waals surface area contributed by atoms with E-state index in [1.165, 1.54) is 145 Å². The fraction of sp³-hybridized carbons (Fsp3) is 0.806. The van der Waals surface area contributed by atoms with E-state index in [9.17, 15) is 0 Å². The van der Waals surface area contributed by atoms with Crippen LogP contribution in [0.4, 0.5) is 0 Å². The highest BCUT2D eigenvalue weighted by Crippen LogP contribution is 2.17. The molecule has 0 aliphatic carbocycles. The Bertz CT molecular complexity index is 527. The second-order valence-electron chi connectivity index (χ2n) is 11.2. The van der Waals surface area contributed by atoms with Crippen molar-refractivity contribution in [1.29, 1.82) is 0 Å². The van der Waals surface area contributed by atoms with Crippen molar-refractivity contribution < 1.29 is 4.48 Å². The number of benzene rings is 1. The maximum absolute atomic E-state index is 2.48. The van der Waals surface area contributed by atoms with Crippen LogP contribution in [0.1, 0.15) is 122 Å². The van der Waals surface area contributed by atoms with E-state index in [-0.39, 0.29) is 0 Å². The molecule has 1 rings (SSSR count). The summed E-state index contributed by atoms with van der Waals surface area (Å²) in [6.45, 7) is 7.28. The smallest absolute Gasteiger partial charge is 0.104 e. The van der Waals surface area contributed by atoms with Crippen molar-refractivity contribution in [2.45, 2.75) is 123 Å². The third-order valence-electron chi connectivity index (χ3n) is 7.26. The summed E-state index contributed by atoms with van der Waals surface area (Å²) in [4.78, 5) is 2.32. The summed E-state index contributed by atoms with van der Waals surface area (Å²) in [6.07, 6.45) is 24.4. The van der Waals surface area contributed by atoms with Crippen LogP contribution in [0.3, 0.4) is 0 Å². The van der Waals surface area contributed by atoms with Gasteiger partial charge in [-0.1, -0.05) is 127 Å². The molecule has 0 radical (unpaired) electrons. The van der Waals surface area contributed by atoms with Crippen LogP contribution in [0, 0.1) is 0 Å². The molecule has 1 aromatic rings. The summed E-state index contributed by atoms with van der Waals surface area (Å²) >= 11 is 0. The number of hydrogen-bond donors (Lipinski definition) is 0. The van der Waals surface area contributed by atoms with Crippen LogP contribution in [0.15, 0.2) is 30.3 Å². The minimum atomic E-state index is 1.17. The molecular formula is C31H59N2+. The van der Waals surface area contributed by atoms with Gasteiger partial charge in [-0.25, -0.2) is 0 Å². The molecular weight excluding hydrogens is 400 g/mol. The predicted molar refractivity (Wildman–Crippen MR) is 149 cm³/mol. The van der Waals surface area contributed by atoms with Gasteiger partial charge < -0.3 is 9.38 Å². The van der Waals surface area contributed by atoms with Crippen molar-refractivity contribution in [3.63, 3.8) is 0 Å². The van der Waals surface area contributed by atoms with Crippen LogP contribution >= 0.6 is 0 Å². The molecule has 1 unspecified atom stereocenters. The Morgan fingerprint density at radius 3 is 1.45 bits per heavy atom. The average molecular weight is 460 g/mol. The molecule has 2 nitrogen and oxygen atoms in total. The van der Waals surface area contributed by atoms with Crippen LogP contribution in [-0.4, -0.2) is 50.2 Å². The lowest BCUT2D eigenvalue weighted by Crippen LogP contribution is -2.45. The van der Waals surface area contributed by atoms with E-state index in [1.807, 2.05) is 0 Å². The largest absolute Gasteiger partial charge is 0.322 e.